The first-order valence-corrected chi connectivity index (χ1v) is 10.6. The molecule has 2 aliphatic heterocycles. The van der Waals surface area contributed by atoms with Crippen LogP contribution in [0.25, 0.3) is 10.2 Å². The van der Waals surface area contributed by atoms with E-state index in [2.05, 4.69) is 20.2 Å². The number of fused-ring (bicyclic) bond motifs is 5. The van der Waals surface area contributed by atoms with E-state index in [0.29, 0.717) is 6.04 Å². The number of alkyl halides is 3. The number of aryl methyl sites for hydroxylation is 2. The minimum Gasteiger partial charge on any atom is -0.364 e. The van der Waals surface area contributed by atoms with E-state index in [-0.39, 0.29) is 18.1 Å². The van der Waals surface area contributed by atoms with Gasteiger partial charge in [0.2, 0.25) is 0 Å². The molecule has 2 bridgehead atoms. The molecule has 1 saturated carbocycles. The molecule has 2 aromatic rings. The smallest absolute Gasteiger partial charge is 0.364 e. The monoisotopic (exact) mass is 411 g/mol. The number of aromatic nitrogens is 2. The van der Waals surface area contributed by atoms with Crippen LogP contribution < -0.4 is 5.32 Å². The van der Waals surface area contributed by atoms with Crippen molar-refractivity contribution in [2.24, 2.45) is 0 Å². The Kier molecular flexibility index (Phi) is 4.33. The molecule has 1 N–H and O–H groups in total. The van der Waals surface area contributed by atoms with Crippen molar-refractivity contribution < 1.29 is 13.2 Å². The van der Waals surface area contributed by atoms with Crippen LogP contribution in [0.1, 0.15) is 29.7 Å². The zero-order valence-electron chi connectivity index (χ0n) is 16.0. The van der Waals surface area contributed by atoms with Crippen molar-refractivity contribution in [3.8, 4) is 0 Å². The lowest BCUT2D eigenvalue weighted by Gasteiger charge is -2.61. The molecule has 5 nitrogen and oxygen atoms in total. The highest BCUT2D eigenvalue weighted by atomic mass is 32.1. The fourth-order valence-electron chi connectivity index (χ4n) is 5.28. The molecular weight excluding hydrogens is 387 g/mol. The molecule has 152 valence electrons. The summed E-state index contributed by atoms with van der Waals surface area (Å²) >= 11 is 1.73. The zero-order valence-corrected chi connectivity index (χ0v) is 16.8. The van der Waals surface area contributed by atoms with E-state index in [1.165, 1.54) is 10.4 Å². The average molecular weight is 411 g/mol. The predicted octanol–water partition coefficient (Wildman–Crippen LogP) is 3.30. The van der Waals surface area contributed by atoms with Crippen molar-refractivity contribution >= 4 is 27.4 Å². The van der Waals surface area contributed by atoms with Crippen LogP contribution in [0.15, 0.2) is 6.33 Å². The number of nitrogens with zero attached hydrogens (tertiary/aromatic N) is 4. The maximum absolute atomic E-state index is 13.1. The van der Waals surface area contributed by atoms with Crippen molar-refractivity contribution in [1.82, 2.24) is 19.8 Å². The first-order valence-electron chi connectivity index (χ1n) is 9.82. The Morgan fingerprint density at radius 1 is 1.21 bits per heavy atom. The Hall–Kier alpha value is -1.45. The van der Waals surface area contributed by atoms with Gasteiger partial charge in [-0.2, -0.15) is 13.2 Å². The lowest BCUT2D eigenvalue weighted by Crippen LogP contribution is -2.76. The Morgan fingerprint density at radius 2 is 1.96 bits per heavy atom. The van der Waals surface area contributed by atoms with Crippen LogP contribution in [0.4, 0.5) is 19.0 Å². The number of thiophene rings is 1. The second-order valence-electron chi connectivity index (χ2n) is 8.44. The minimum absolute atomic E-state index is 0.00797. The molecule has 4 atom stereocenters. The second-order valence-corrected chi connectivity index (χ2v) is 9.52. The Balaban J connectivity index is 1.42. The van der Waals surface area contributed by atoms with Crippen molar-refractivity contribution in [2.45, 2.75) is 62.4 Å². The standard InChI is InChI=1S/C19H24F3N5S/c1-26(2)10-6-12-16(13(7-10)27(12)8-19(20,21)22)25-17-15-11-4-3-5-14(11)28-18(15)24-9-23-17/h9-10,12-13,16H,3-8H2,1-2H3,(H,23,24,25)/t10?,12-,13+,16?. The molecule has 2 saturated heterocycles. The third kappa shape index (κ3) is 2.98. The SMILES string of the molecule is CN(C)C1C[C@@H]2C(Nc3ncnc4sc5c(c34)CCC5)[C@H](C1)N2CC(F)(F)F. The van der Waals surface area contributed by atoms with Crippen LogP contribution in [0.3, 0.4) is 0 Å². The van der Waals surface area contributed by atoms with Gasteiger partial charge < -0.3 is 10.2 Å². The summed E-state index contributed by atoms with van der Waals surface area (Å²) in [5.41, 5.74) is 1.34. The van der Waals surface area contributed by atoms with Crippen LogP contribution >= 0.6 is 11.3 Å². The highest BCUT2D eigenvalue weighted by molar-refractivity contribution is 7.19. The van der Waals surface area contributed by atoms with E-state index in [1.54, 1.807) is 22.6 Å². The molecule has 0 aromatic carbocycles. The van der Waals surface area contributed by atoms with Gasteiger partial charge in [-0.3, -0.25) is 4.90 Å². The molecule has 2 unspecified atom stereocenters. The van der Waals surface area contributed by atoms with E-state index in [1.807, 2.05) is 14.1 Å². The highest BCUT2D eigenvalue weighted by Crippen LogP contribution is 2.45. The summed E-state index contributed by atoms with van der Waals surface area (Å²) in [6, 6.07) is 0.0934. The Bertz CT molecular complexity index is 882. The average Bonchev–Trinajstić information content (AvgIpc) is 3.21. The van der Waals surface area contributed by atoms with Gasteiger partial charge in [-0.25, -0.2) is 9.97 Å². The largest absolute Gasteiger partial charge is 0.401 e. The van der Waals surface area contributed by atoms with Crippen molar-refractivity contribution in [1.29, 1.82) is 0 Å². The van der Waals surface area contributed by atoms with Gasteiger partial charge in [0.1, 0.15) is 17.0 Å². The maximum Gasteiger partial charge on any atom is 0.401 e. The topological polar surface area (TPSA) is 44.3 Å². The van der Waals surface area contributed by atoms with E-state index in [0.717, 1.165) is 48.1 Å². The minimum atomic E-state index is -4.16. The first-order chi connectivity index (χ1) is 13.3. The molecule has 4 heterocycles. The van der Waals surface area contributed by atoms with Gasteiger partial charge >= 0.3 is 6.18 Å². The molecule has 0 radical (unpaired) electrons. The number of hydrogen-bond donors (Lipinski definition) is 1. The summed E-state index contributed by atoms with van der Waals surface area (Å²) in [6.45, 7) is -0.826. The number of halogens is 3. The number of hydrogen-bond acceptors (Lipinski definition) is 6. The molecule has 2 aromatic heterocycles. The van der Waals surface area contributed by atoms with Crippen LogP contribution in [0, 0.1) is 0 Å². The van der Waals surface area contributed by atoms with Gasteiger partial charge in [-0.05, 0) is 51.8 Å². The van der Waals surface area contributed by atoms with Crippen molar-refractivity contribution in [3.63, 3.8) is 0 Å². The van der Waals surface area contributed by atoms with Gasteiger partial charge in [0, 0.05) is 23.0 Å². The molecule has 9 heteroatoms. The summed E-state index contributed by atoms with van der Waals surface area (Å²) in [6.07, 6.45) is 2.18. The summed E-state index contributed by atoms with van der Waals surface area (Å²) in [4.78, 5) is 15.1. The predicted molar refractivity (Wildman–Crippen MR) is 104 cm³/mol. The summed E-state index contributed by atoms with van der Waals surface area (Å²) in [7, 11) is 4.02. The Morgan fingerprint density at radius 3 is 2.64 bits per heavy atom. The first kappa shape index (κ1) is 18.6. The fourth-order valence-corrected chi connectivity index (χ4v) is 6.51. The molecule has 3 fully saturated rings. The number of nitrogens with one attached hydrogen (secondary N) is 1. The third-order valence-corrected chi connectivity index (χ3v) is 7.80. The van der Waals surface area contributed by atoms with Gasteiger partial charge in [-0.15, -0.1) is 11.3 Å². The number of anilines is 1. The summed E-state index contributed by atoms with van der Waals surface area (Å²) in [5.74, 6) is 0.805. The fraction of sp³-hybridized carbons (Fsp3) is 0.684. The zero-order chi connectivity index (χ0) is 19.6. The second kappa shape index (κ2) is 6.53. The van der Waals surface area contributed by atoms with Gasteiger partial charge in [-0.1, -0.05) is 0 Å². The summed E-state index contributed by atoms with van der Waals surface area (Å²) < 4.78 is 39.2. The van der Waals surface area contributed by atoms with Gasteiger partial charge in [0.25, 0.3) is 0 Å². The molecule has 0 spiro atoms. The third-order valence-electron chi connectivity index (χ3n) is 6.61. The normalized spacial score (nSPS) is 29.9. The van der Waals surface area contributed by atoms with Crippen molar-refractivity contribution in [2.75, 3.05) is 26.0 Å². The quantitative estimate of drug-likeness (QED) is 0.837. The number of rotatable bonds is 4. The van der Waals surface area contributed by atoms with Gasteiger partial charge in [0.15, 0.2) is 0 Å². The van der Waals surface area contributed by atoms with Crippen LogP contribution in [-0.4, -0.2) is 70.8 Å². The molecule has 28 heavy (non-hydrogen) atoms. The summed E-state index contributed by atoms with van der Waals surface area (Å²) in [5, 5.41) is 4.64. The van der Waals surface area contributed by atoms with E-state index < -0.39 is 12.7 Å². The van der Waals surface area contributed by atoms with Crippen LogP contribution in [-0.2, 0) is 12.8 Å². The van der Waals surface area contributed by atoms with E-state index >= 15 is 0 Å². The van der Waals surface area contributed by atoms with E-state index in [9.17, 15) is 13.2 Å². The molecular formula is C19H24F3N5S. The van der Waals surface area contributed by atoms with Crippen LogP contribution in [0.5, 0.6) is 0 Å². The van der Waals surface area contributed by atoms with Crippen molar-refractivity contribution in [3.05, 3.63) is 16.8 Å². The molecule has 6 rings (SSSR count). The van der Waals surface area contributed by atoms with Gasteiger partial charge in [0.05, 0.1) is 18.0 Å². The lowest BCUT2D eigenvalue weighted by molar-refractivity contribution is -0.189. The molecule has 0 amide bonds. The van der Waals surface area contributed by atoms with Crippen LogP contribution in [0.2, 0.25) is 0 Å². The lowest BCUT2D eigenvalue weighted by atomic mass is 9.72. The maximum atomic E-state index is 13.1. The highest BCUT2D eigenvalue weighted by Gasteiger charge is 2.56. The molecule has 4 aliphatic rings. The molecule has 2 aliphatic carbocycles. The number of piperidine rings is 1. The Labute approximate surface area is 165 Å². The van der Waals surface area contributed by atoms with E-state index in [4.69, 9.17) is 0 Å².